The van der Waals surface area contributed by atoms with Crippen molar-refractivity contribution in [1.82, 2.24) is 29.9 Å². The van der Waals surface area contributed by atoms with Crippen LogP contribution in [0.15, 0.2) is 29.5 Å². The number of benzene rings is 1. The van der Waals surface area contributed by atoms with Gasteiger partial charge in [0.2, 0.25) is 0 Å². The molecule has 0 unspecified atom stereocenters. The van der Waals surface area contributed by atoms with Crippen LogP contribution in [0.4, 0.5) is 4.39 Å². The van der Waals surface area contributed by atoms with Crippen LogP contribution in [0.25, 0.3) is 0 Å². The number of aromatic nitrogens is 3. The van der Waals surface area contributed by atoms with E-state index in [4.69, 9.17) is 11.6 Å². The number of nitrogens with one attached hydrogen (secondary N) is 1. The Labute approximate surface area is 193 Å². The molecule has 0 amide bonds. The number of hydrogen-bond acceptors (Lipinski definition) is 4. The molecule has 1 aromatic heterocycles. The second-order valence-electron chi connectivity index (χ2n) is 6.73. The van der Waals surface area contributed by atoms with Gasteiger partial charge < -0.3 is 14.8 Å². The van der Waals surface area contributed by atoms with Crippen molar-refractivity contribution in [3.05, 3.63) is 46.8 Å². The predicted octanol–water partition coefficient (Wildman–Crippen LogP) is 2.64. The third kappa shape index (κ3) is 6.26. The maximum Gasteiger partial charge on any atom is 0.193 e. The molecule has 2 aromatic rings. The van der Waals surface area contributed by atoms with E-state index in [0.717, 1.165) is 57.5 Å². The molecular weight excluding hydrogens is 508 g/mol. The van der Waals surface area contributed by atoms with Gasteiger partial charge in [-0.2, -0.15) is 0 Å². The van der Waals surface area contributed by atoms with Gasteiger partial charge in [0.1, 0.15) is 18.0 Å². The second-order valence-corrected chi connectivity index (χ2v) is 7.14. The van der Waals surface area contributed by atoms with Crippen molar-refractivity contribution in [2.24, 2.45) is 4.99 Å². The molecule has 0 bridgehead atoms. The van der Waals surface area contributed by atoms with Crippen LogP contribution in [0.5, 0.6) is 0 Å². The lowest BCUT2D eigenvalue weighted by molar-refractivity contribution is 0.171. The molecule has 3 rings (SSSR count). The summed E-state index contributed by atoms with van der Waals surface area (Å²) in [6.07, 6.45) is 2.62. The van der Waals surface area contributed by atoms with E-state index in [2.05, 4.69) is 41.8 Å². The van der Waals surface area contributed by atoms with Crippen molar-refractivity contribution in [2.45, 2.75) is 26.4 Å². The molecule has 7 nitrogen and oxygen atoms in total. The fourth-order valence-electron chi connectivity index (χ4n) is 3.38. The highest BCUT2D eigenvalue weighted by atomic mass is 127. The minimum atomic E-state index is -0.243. The number of guanidine groups is 1. The molecule has 29 heavy (non-hydrogen) atoms. The predicted molar refractivity (Wildman–Crippen MR) is 124 cm³/mol. The largest absolute Gasteiger partial charge is 0.354 e. The summed E-state index contributed by atoms with van der Waals surface area (Å²) in [5, 5.41) is 12.0. The molecule has 1 aliphatic heterocycles. The topological polar surface area (TPSA) is 61.6 Å². The Bertz CT molecular complexity index is 785. The van der Waals surface area contributed by atoms with Crippen LogP contribution in [0.2, 0.25) is 5.02 Å². The summed E-state index contributed by atoms with van der Waals surface area (Å²) in [7, 11) is 1.80. The molecule has 160 valence electrons. The highest BCUT2D eigenvalue weighted by Crippen LogP contribution is 2.21. The van der Waals surface area contributed by atoms with E-state index in [1.807, 2.05) is 0 Å². The molecule has 0 saturated carbocycles. The van der Waals surface area contributed by atoms with Crippen molar-refractivity contribution in [3.8, 4) is 0 Å². The van der Waals surface area contributed by atoms with Crippen LogP contribution >= 0.6 is 35.6 Å². The highest BCUT2D eigenvalue weighted by Gasteiger charge is 2.21. The molecule has 0 spiro atoms. The maximum absolute atomic E-state index is 14.0. The minimum Gasteiger partial charge on any atom is -0.354 e. The summed E-state index contributed by atoms with van der Waals surface area (Å²) in [5.74, 6) is 1.62. The minimum absolute atomic E-state index is 0. The number of halogens is 3. The van der Waals surface area contributed by atoms with Gasteiger partial charge in [0.25, 0.3) is 0 Å². The first kappa shape index (κ1) is 23.8. The third-order valence-electron chi connectivity index (χ3n) is 4.97. The molecule has 1 aromatic carbocycles. The number of hydrogen-bond donors (Lipinski definition) is 1. The lowest BCUT2D eigenvalue weighted by atomic mass is 10.2. The van der Waals surface area contributed by atoms with Crippen LogP contribution < -0.4 is 5.32 Å². The molecular formula is C19H28ClFIN7. The Morgan fingerprint density at radius 2 is 2.03 bits per heavy atom. The van der Waals surface area contributed by atoms with Crippen LogP contribution in [0, 0.1) is 5.82 Å². The van der Waals surface area contributed by atoms with Crippen LogP contribution in [0.3, 0.4) is 0 Å². The number of aliphatic imine (C=N–C) groups is 1. The Balaban J connectivity index is 0.00000300. The van der Waals surface area contributed by atoms with E-state index in [9.17, 15) is 4.39 Å². The smallest absolute Gasteiger partial charge is 0.193 e. The monoisotopic (exact) mass is 535 g/mol. The zero-order valence-electron chi connectivity index (χ0n) is 16.8. The summed E-state index contributed by atoms with van der Waals surface area (Å²) < 4.78 is 16.1. The summed E-state index contributed by atoms with van der Waals surface area (Å²) in [6, 6.07) is 4.84. The fourth-order valence-corrected chi connectivity index (χ4v) is 3.61. The molecule has 0 aliphatic carbocycles. The average Bonchev–Trinajstić information content (AvgIpc) is 3.16. The average molecular weight is 536 g/mol. The van der Waals surface area contributed by atoms with Gasteiger partial charge in [-0.15, -0.1) is 34.2 Å². The van der Waals surface area contributed by atoms with E-state index in [1.54, 1.807) is 25.5 Å². The molecule has 1 N–H and O–H groups in total. The van der Waals surface area contributed by atoms with Crippen LogP contribution in [-0.2, 0) is 19.5 Å². The highest BCUT2D eigenvalue weighted by molar-refractivity contribution is 14.0. The first-order chi connectivity index (χ1) is 13.6. The van der Waals surface area contributed by atoms with E-state index < -0.39 is 0 Å². The van der Waals surface area contributed by atoms with Crippen molar-refractivity contribution in [2.75, 3.05) is 39.8 Å². The molecule has 10 heteroatoms. The Morgan fingerprint density at radius 3 is 2.69 bits per heavy atom. The third-order valence-corrected chi connectivity index (χ3v) is 5.33. The number of aryl methyl sites for hydroxylation is 1. The van der Waals surface area contributed by atoms with Gasteiger partial charge in [0.15, 0.2) is 5.96 Å². The molecule has 2 heterocycles. The normalized spacial score (nSPS) is 15.3. The van der Waals surface area contributed by atoms with E-state index in [-0.39, 0.29) is 29.8 Å². The number of rotatable bonds is 6. The van der Waals surface area contributed by atoms with Gasteiger partial charge in [0, 0.05) is 69.9 Å². The summed E-state index contributed by atoms with van der Waals surface area (Å²) in [5.41, 5.74) is 0.570. The van der Waals surface area contributed by atoms with Crippen molar-refractivity contribution < 1.29 is 4.39 Å². The van der Waals surface area contributed by atoms with Crippen molar-refractivity contribution >= 4 is 41.5 Å². The lowest BCUT2D eigenvalue weighted by Crippen LogP contribution is -2.52. The van der Waals surface area contributed by atoms with Gasteiger partial charge in [-0.05, 0) is 12.1 Å². The quantitative estimate of drug-likeness (QED) is 0.350. The molecule has 1 fully saturated rings. The van der Waals surface area contributed by atoms with Gasteiger partial charge in [0.05, 0.1) is 0 Å². The summed E-state index contributed by atoms with van der Waals surface area (Å²) in [4.78, 5) is 8.85. The van der Waals surface area contributed by atoms with Crippen LogP contribution in [-0.4, -0.2) is 70.3 Å². The van der Waals surface area contributed by atoms with Crippen LogP contribution in [0.1, 0.15) is 18.3 Å². The van der Waals surface area contributed by atoms with E-state index >= 15 is 0 Å². The Morgan fingerprint density at radius 1 is 1.28 bits per heavy atom. The maximum atomic E-state index is 14.0. The fraction of sp³-hybridized carbons (Fsp3) is 0.526. The first-order valence-electron chi connectivity index (χ1n) is 9.60. The number of piperazine rings is 1. The van der Waals surface area contributed by atoms with Crippen molar-refractivity contribution in [3.63, 3.8) is 0 Å². The summed E-state index contributed by atoms with van der Waals surface area (Å²) >= 11 is 6.15. The molecule has 1 saturated heterocycles. The Kier molecular flexibility index (Phi) is 9.57. The summed E-state index contributed by atoms with van der Waals surface area (Å²) in [6.45, 7) is 7.47. The molecule has 1 aliphatic rings. The zero-order chi connectivity index (χ0) is 19.9. The van der Waals surface area contributed by atoms with E-state index in [1.165, 1.54) is 6.07 Å². The van der Waals surface area contributed by atoms with Gasteiger partial charge in [-0.1, -0.05) is 24.6 Å². The molecule has 0 radical (unpaired) electrons. The zero-order valence-corrected chi connectivity index (χ0v) is 19.9. The van der Waals surface area contributed by atoms with Gasteiger partial charge in [-0.25, -0.2) is 4.39 Å². The lowest BCUT2D eigenvalue weighted by Gasteiger charge is -2.36. The Hall–Kier alpha value is -1.46. The van der Waals surface area contributed by atoms with Gasteiger partial charge in [-0.3, -0.25) is 9.89 Å². The van der Waals surface area contributed by atoms with Gasteiger partial charge >= 0.3 is 0 Å². The number of nitrogens with zero attached hydrogens (tertiary/aromatic N) is 6. The SMILES string of the molecule is CCc1nncn1CCNC(=NC)N1CCN(Cc2c(F)cccc2Cl)CC1.I. The van der Waals surface area contributed by atoms with Crippen molar-refractivity contribution in [1.29, 1.82) is 0 Å². The second kappa shape index (κ2) is 11.7. The molecule has 0 atom stereocenters. The standard InChI is InChI=1S/C19H27ClFN7.HI/c1-3-18-25-24-14-28(18)8-7-23-19(22-2)27-11-9-26(10-12-27)13-15-16(20)5-4-6-17(15)21;/h4-6,14H,3,7-13H2,1-2H3,(H,22,23);1H. The first-order valence-corrected chi connectivity index (χ1v) is 9.97. The van der Waals surface area contributed by atoms with E-state index in [0.29, 0.717) is 17.1 Å².